The van der Waals surface area contributed by atoms with Gasteiger partial charge in [0, 0.05) is 11.1 Å². The van der Waals surface area contributed by atoms with E-state index in [4.69, 9.17) is 17.3 Å². The monoisotopic (exact) mass is 301 g/mol. The quantitative estimate of drug-likeness (QED) is 0.363. The number of nitrogens with two attached hydrogens (primary N) is 1. The first kappa shape index (κ1) is 15.9. The van der Waals surface area contributed by atoms with Crippen LogP contribution in [0.15, 0.2) is 18.2 Å². The molecule has 1 amide bonds. The molecule has 0 heterocycles. The number of ether oxygens (including phenoxy) is 1. The molecule has 1 atom stereocenters. The third kappa shape index (κ3) is 3.90. The summed E-state index contributed by atoms with van der Waals surface area (Å²) in [5.74, 6) is -1.84. The SMILES string of the molecule is CCOC(=O)C(N)C(=O)Nc1cc(Cl)ccc1[N+](=O)[O-]. The number of nitro groups is 1. The smallest absolute Gasteiger partial charge is 0.332 e. The number of anilines is 1. The average Bonchev–Trinajstić information content (AvgIpc) is 2.37. The number of nitro benzene ring substituents is 1. The second kappa shape index (κ2) is 6.83. The molecule has 0 saturated carbocycles. The lowest BCUT2D eigenvalue weighted by Crippen LogP contribution is -2.43. The molecule has 0 fully saturated rings. The van der Waals surface area contributed by atoms with Gasteiger partial charge in [-0.1, -0.05) is 11.6 Å². The van der Waals surface area contributed by atoms with E-state index in [-0.39, 0.29) is 23.0 Å². The van der Waals surface area contributed by atoms with Crippen LogP contribution in [0.3, 0.4) is 0 Å². The van der Waals surface area contributed by atoms with Crippen LogP contribution in [0.5, 0.6) is 0 Å². The highest BCUT2D eigenvalue weighted by Gasteiger charge is 2.25. The van der Waals surface area contributed by atoms with Crippen molar-refractivity contribution in [2.75, 3.05) is 11.9 Å². The first-order valence-electron chi connectivity index (χ1n) is 5.53. The molecular formula is C11H12ClN3O5. The summed E-state index contributed by atoms with van der Waals surface area (Å²) >= 11 is 5.70. The van der Waals surface area contributed by atoms with Gasteiger partial charge in [0.2, 0.25) is 0 Å². The molecule has 1 aromatic rings. The van der Waals surface area contributed by atoms with Gasteiger partial charge in [-0.3, -0.25) is 14.9 Å². The number of hydrogen-bond donors (Lipinski definition) is 2. The summed E-state index contributed by atoms with van der Waals surface area (Å²) in [5.41, 5.74) is 4.86. The summed E-state index contributed by atoms with van der Waals surface area (Å²) in [6.45, 7) is 1.63. The Morgan fingerprint density at radius 1 is 1.55 bits per heavy atom. The third-order valence-corrected chi connectivity index (χ3v) is 2.47. The number of nitrogens with one attached hydrogen (secondary N) is 1. The normalized spacial score (nSPS) is 11.6. The van der Waals surface area contributed by atoms with Gasteiger partial charge in [-0.05, 0) is 19.1 Å². The van der Waals surface area contributed by atoms with Crippen molar-refractivity contribution >= 4 is 34.9 Å². The zero-order chi connectivity index (χ0) is 15.3. The first-order valence-corrected chi connectivity index (χ1v) is 5.91. The van der Waals surface area contributed by atoms with Crippen LogP contribution in [0.4, 0.5) is 11.4 Å². The maximum atomic E-state index is 11.7. The van der Waals surface area contributed by atoms with Gasteiger partial charge in [0.1, 0.15) is 5.69 Å². The Morgan fingerprint density at radius 3 is 2.75 bits per heavy atom. The number of halogens is 1. The largest absolute Gasteiger partial charge is 0.464 e. The lowest BCUT2D eigenvalue weighted by atomic mass is 10.2. The van der Waals surface area contributed by atoms with E-state index in [0.717, 1.165) is 6.07 Å². The number of hydrogen-bond acceptors (Lipinski definition) is 6. The Morgan fingerprint density at radius 2 is 2.20 bits per heavy atom. The number of carbonyl (C=O) groups excluding carboxylic acids is 2. The second-order valence-corrected chi connectivity index (χ2v) is 4.07. The molecule has 1 rings (SSSR count). The molecule has 3 N–H and O–H groups in total. The van der Waals surface area contributed by atoms with Crippen LogP contribution in [-0.4, -0.2) is 29.4 Å². The Balaban J connectivity index is 2.92. The van der Waals surface area contributed by atoms with E-state index in [0.29, 0.717) is 0 Å². The highest BCUT2D eigenvalue weighted by Crippen LogP contribution is 2.27. The van der Waals surface area contributed by atoms with Crippen LogP contribution >= 0.6 is 11.6 Å². The number of rotatable bonds is 5. The molecule has 9 heteroatoms. The molecule has 0 aromatic heterocycles. The minimum absolute atomic E-state index is 0.0666. The van der Waals surface area contributed by atoms with E-state index in [1.807, 2.05) is 0 Å². The van der Waals surface area contributed by atoms with Crippen molar-refractivity contribution in [3.05, 3.63) is 33.3 Å². The Bertz CT molecular complexity index is 549. The van der Waals surface area contributed by atoms with Crippen molar-refractivity contribution in [1.29, 1.82) is 0 Å². The molecule has 108 valence electrons. The van der Waals surface area contributed by atoms with E-state index in [2.05, 4.69) is 10.1 Å². The number of amides is 1. The Kier molecular flexibility index (Phi) is 5.42. The van der Waals surface area contributed by atoms with Crippen LogP contribution in [-0.2, 0) is 14.3 Å². The molecule has 1 unspecified atom stereocenters. The first-order chi connectivity index (χ1) is 9.36. The summed E-state index contributed by atoms with van der Waals surface area (Å²) in [6.07, 6.45) is 0. The molecule has 0 spiro atoms. The van der Waals surface area contributed by atoms with E-state index in [1.165, 1.54) is 12.1 Å². The molecule has 20 heavy (non-hydrogen) atoms. The molecule has 0 aliphatic heterocycles. The van der Waals surface area contributed by atoms with Gasteiger partial charge in [-0.25, -0.2) is 4.79 Å². The predicted octanol–water partition coefficient (Wildman–Crippen LogP) is 1.08. The van der Waals surface area contributed by atoms with Crippen molar-refractivity contribution in [3.8, 4) is 0 Å². The van der Waals surface area contributed by atoms with Gasteiger partial charge in [-0.2, -0.15) is 0 Å². The fourth-order valence-corrected chi connectivity index (χ4v) is 1.49. The average molecular weight is 302 g/mol. The molecule has 0 saturated heterocycles. The van der Waals surface area contributed by atoms with Gasteiger partial charge in [0.05, 0.1) is 11.5 Å². The molecule has 0 radical (unpaired) electrons. The van der Waals surface area contributed by atoms with Gasteiger partial charge in [0.25, 0.3) is 11.6 Å². The van der Waals surface area contributed by atoms with Crippen molar-refractivity contribution in [1.82, 2.24) is 0 Å². The molecular weight excluding hydrogens is 290 g/mol. The zero-order valence-corrected chi connectivity index (χ0v) is 11.2. The topological polar surface area (TPSA) is 125 Å². The highest BCUT2D eigenvalue weighted by molar-refractivity contribution is 6.31. The van der Waals surface area contributed by atoms with E-state index >= 15 is 0 Å². The van der Waals surface area contributed by atoms with Crippen LogP contribution in [0.2, 0.25) is 5.02 Å². The van der Waals surface area contributed by atoms with Crippen molar-refractivity contribution in [2.45, 2.75) is 13.0 Å². The number of benzene rings is 1. The lowest BCUT2D eigenvalue weighted by molar-refractivity contribution is -0.383. The summed E-state index contributed by atoms with van der Waals surface area (Å²) in [6, 6.07) is 2.05. The van der Waals surface area contributed by atoms with Gasteiger partial charge in [0.15, 0.2) is 6.04 Å². The van der Waals surface area contributed by atoms with Crippen LogP contribution in [0, 0.1) is 10.1 Å². The maximum Gasteiger partial charge on any atom is 0.332 e. The third-order valence-electron chi connectivity index (χ3n) is 2.24. The highest BCUT2D eigenvalue weighted by atomic mass is 35.5. The summed E-state index contributed by atoms with van der Waals surface area (Å²) < 4.78 is 4.58. The van der Waals surface area contributed by atoms with Crippen LogP contribution in [0.1, 0.15) is 6.92 Å². The van der Waals surface area contributed by atoms with Gasteiger partial charge in [-0.15, -0.1) is 0 Å². The lowest BCUT2D eigenvalue weighted by Gasteiger charge is -2.11. The molecule has 0 aliphatic carbocycles. The molecule has 0 aliphatic rings. The number of carbonyl (C=O) groups is 2. The molecule has 8 nitrogen and oxygen atoms in total. The van der Waals surface area contributed by atoms with Crippen molar-refractivity contribution in [3.63, 3.8) is 0 Å². The second-order valence-electron chi connectivity index (χ2n) is 3.64. The van der Waals surface area contributed by atoms with Crippen molar-refractivity contribution in [2.24, 2.45) is 5.73 Å². The number of nitrogens with zero attached hydrogens (tertiary/aromatic N) is 1. The minimum Gasteiger partial charge on any atom is -0.464 e. The van der Waals surface area contributed by atoms with Crippen LogP contribution < -0.4 is 11.1 Å². The fraction of sp³-hybridized carbons (Fsp3) is 0.273. The van der Waals surface area contributed by atoms with E-state index in [9.17, 15) is 19.7 Å². The standard InChI is InChI=1S/C11H12ClN3O5/c1-2-20-11(17)9(13)10(16)14-7-5-6(12)3-4-8(7)15(18)19/h3-5,9H,2,13H2,1H3,(H,14,16). The zero-order valence-electron chi connectivity index (χ0n) is 10.5. The van der Waals surface area contributed by atoms with Crippen molar-refractivity contribution < 1.29 is 19.2 Å². The predicted molar refractivity (Wildman–Crippen MR) is 71.3 cm³/mol. The van der Waals surface area contributed by atoms with Gasteiger partial charge >= 0.3 is 5.97 Å². The Hall–Kier alpha value is -2.19. The summed E-state index contributed by atoms with van der Waals surface area (Å²) in [5, 5.41) is 13.2. The minimum atomic E-state index is -1.58. The summed E-state index contributed by atoms with van der Waals surface area (Å²) in [7, 11) is 0. The number of esters is 1. The summed E-state index contributed by atoms with van der Waals surface area (Å²) in [4.78, 5) is 33.1. The van der Waals surface area contributed by atoms with Gasteiger partial charge < -0.3 is 15.8 Å². The molecule has 1 aromatic carbocycles. The van der Waals surface area contributed by atoms with Crippen LogP contribution in [0.25, 0.3) is 0 Å². The van der Waals surface area contributed by atoms with E-state index < -0.39 is 22.8 Å². The van der Waals surface area contributed by atoms with E-state index in [1.54, 1.807) is 6.92 Å². The maximum absolute atomic E-state index is 11.7. The Labute approximate surface area is 119 Å². The molecule has 0 bridgehead atoms. The fourth-order valence-electron chi connectivity index (χ4n) is 1.32.